The van der Waals surface area contributed by atoms with Crippen molar-refractivity contribution in [2.24, 2.45) is 0 Å². The molecule has 2 aromatic rings. The van der Waals surface area contributed by atoms with Gasteiger partial charge in [-0.15, -0.1) is 0 Å². The minimum atomic E-state index is -3.55. The number of likely N-dealkylation sites (N-methyl/N-ethyl adjacent to an activating group) is 1. The Balaban J connectivity index is 1.59. The zero-order valence-electron chi connectivity index (χ0n) is 20.1. The number of benzene rings is 2. The number of carbonyl (C=O) groups excluding carboxylic acids is 1. The van der Waals surface area contributed by atoms with Gasteiger partial charge in [0.1, 0.15) is 0 Å². The van der Waals surface area contributed by atoms with Crippen molar-refractivity contribution in [2.75, 3.05) is 26.2 Å². The Kier molecular flexibility index (Phi) is 9.51. The predicted molar refractivity (Wildman–Crippen MR) is 133 cm³/mol. The van der Waals surface area contributed by atoms with Crippen LogP contribution in [0.15, 0.2) is 64.4 Å². The van der Waals surface area contributed by atoms with Gasteiger partial charge in [-0.3, -0.25) is 4.79 Å². The second-order valence-corrected chi connectivity index (χ2v) is 10.9. The normalized spacial score (nSPS) is 16.1. The number of carbonyl (C=O) groups is 1. The lowest BCUT2D eigenvalue weighted by Crippen LogP contribution is -2.36. The first-order valence-electron chi connectivity index (χ1n) is 12.3. The van der Waals surface area contributed by atoms with Gasteiger partial charge in [-0.25, -0.2) is 8.42 Å². The third-order valence-electron chi connectivity index (χ3n) is 6.66. The molecule has 33 heavy (non-hydrogen) atoms. The van der Waals surface area contributed by atoms with Crippen LogP contribution in [0.25, 0.3) is 0 Å². The van der Waals surface area contributed by atoms with E-state index in [0.717, 1.165) is 63.8 Å². The van der Waals surface area contributed by atoms with E-state index in [-0.39, 0.29) is 6.04 Å². The molecule has 5 nitrogen and oxygen atoms in total. The van der Waals surface area contributed by atoms with Crippen LogP contribution < -0.4 is 0 Å². The molecular formula is C27H38N2O3S. The van der Waals surface area contributed by atoms with Crippen LogP contribution in [-0.4, -0.2) is 56.3 Å². The van der Waals surface area contributed by atoms with Crippen LogP contribution >= 0.6 is 0 Å². The number of unbranched alkanes of at least 4 members (excludes halogenated alkanes) is 1. The van der Waals surface area contributed by atoms with Crippen molar-refractivity contribution >= 4 is 15.7 Å². The highest BCUT2D eigenvalue weighted by Crippen LogP contribution is 2.25. The van der Waals surface area contributed by atoms with Crippen molar-refractivity contribution < 1.29 is 13.2 Å². The Morgan fingerprint density at radius 2 is 1.70 bits per heavy atom. The van der Waals surface area contributed by atoms with Crippen molar-refractivity contribution in [2.45, 2.75) is 74.6 Å². The van der Waals surface area contributed by atoms with Gasteiger partial charge in [0.15, 0.2) is 0 Å². The Morgan fingerprint density at radius 1 is 0.970 bits per heavy atom. The molecule has 1 amide bonds. The molecule has 0 spiro atoms. The zero-order chi connectivity index (χ0) is 23.7. The molecule has 180 valence electrons. The van der Waals surface area contributed by atoms with Gasteiger partial charge in [0, 0.05) is 25.6 Å². The highest BCUT2D eigenvalue weighted by molar-refractivity contribution is 7.91. The maximum atomic E-state index is 13.2. The van der Waals surface area contributed by atoms with Gasteiger partial charge < -0.3 is 9.80 Å². The van der Waals surface area contributed by atoms with Crippen molar-refractivity contribution in [1.82, 2.24) is 9.80 Å². The van der Waals surface area contributed by atoms with Crippen LogP contribution in [-0.2, 0) is 21.1 Å². The molecule has 1 aliphatic heterocycles. The quantitative estimate of drug-likeness (QED) is 0.436. The standard InChI is InChI=1S/C27H38N2O3S/c1-3-28(19-12-13-21-29-20-11-5-8-18-27(29)30)23(2)22-24-14-9-10-17-26(24)33(31,32)25-15-6-4-7-16-25/h4,6-7,9-10,14-17,23H,3,5,8,11-13,18-22H2,1-2H3. The summed E-state index contributed by atoms with van der Waals surface area (Å²) in [5.74, 6) is 0.310. The first-order valence-corrected chi connectivity index (χ1v) is 13.8. The number of hydrogen-bond acceptors (Lipinski definition) is 4. The number of sulfone groups is 1. The van der Waals surface area contributed by atoms with Gasteiger partial charge in [0.25, 0.3) is 0 Å². The van der Waals surface area contributed by atoms with Crippen LogP contribution in [0.5, 0.6) is 0 Å². The van der Waals surface area contributed by atoms with E-state index in [4.69, 9.17) is 0 Å². The van der Waals surface area contributed by atoms with Crippen LogP contribution in [0.4, 0.5) is 0 Å². The molecule has 0 bridgehead atoms. The summed E-state index contributed by atoms with van der Waals surface area (Å²) in [5.41, 5.74) is 0.863. The Labute approximate surface area is 199 Å². The van der Waals surface area contributed by atoms with E-state index in [1.807, 2.05) is 23.1 Å². The largest absolute Gasteiger partial charge is 0.343 e. The second kappa shape index (κ2) is 12.3. The Hall–Kier alpha value is -2.18. The number of nitrogens with zero attached hydrogens (tertiary/aromatic N) is 2. The van der Waals surface area contributed by atoms with Gasteiger partial charge in [-0.2, -0.15) is 0 Å². The fourth-order valence-corrected chi connectivity index (χ4v) is 6.21. The lowest BCUT2D eigenvalue weighted by atomic mass is 10.1. The van der Waals surface area contributed by atoms with Gasteiger partial charge in [0.05, 0.1) is 9.79 Å². The van der Waals surface area contributed by atoms with Crippen molar-refractivity contribution in [1.29, 1.82) is 0 Å². The molecule has 0 radical (unpaired) electrons. The molecule has 1 unspecified atom stereocenters. The highest BCUT2D eigenvalue weighted by atomic mass is 32.2. The molecule has 0 N–H and O–H groups in total. The van der Waals surface area contributed by atoms with Gasteiger partial charge >= 0.3 is 0 Å². The minimum Gasteiger partial charge on any atom is -0.343 e. The number of likely N-dealkylation sites (tertiary alicyclic amines) is 1. The molecule has 1 saturated heterocycles. The van der Waals surface area contributed by atoms with Crippen LogP contribution in [0.1, 0.15) is 57.9 Å². The van der Waals surface area contributed by atoms with E-state index >= 15 is 0 Å². The molecule has 1 aliphatic rings. The lowest BCUT2D eigenvalue weighted by Gasteiger charge is -2.29. The second-order valence-electron chi connectivity index (χ2n) is 9.00. The summed E-state index contributed by atoms with van der Waals surface area (Å²) in [6.07, 6.45) is 6.72. The average Bonchev–Trinajstić information content (AvgIpc) is 3.03. The van der Waals surface area contributed by atoms with E-state index in [0.29, 0.717) is 28.5 Å². The zero-order valence-corrected chi connectivity index (χ0v) is 20.9. The summed E-state index contributed by atoms with van der Waals surface area (Å²) in [6.45, 7) is 7.95. The summed E-state index contributed by atoms with van der Waals surface area (Å²) in [4.78, 5) is 17.4. The highest BCUT2D eigenvalue weighted by Gasteiger charge is 2.23. The third kappa shape index (κ3) is 6.90. The van der Waals surface area contributed by atoms with E-state index < -0.39 is 9.84 Å². The molecule has 3 rings (SSSR count). The predicted octanol–water partition coefficient (Wildman–Crippen LogP) is 4.96. The molecule has 0 aliphatic carbocycles. The topological polar surface area (TPSA) is 57.7 Å². The summed E-state index contributed by atoms with van der Waals surface area (Å²) in [5, 5.41) is 0. The summed E-state index contributed by atoms with van der Waals surface area (Å²) in [7, 11) is -3.55. The number of hydrogen-bond donors (Lipinski definition) is 0. The number of rotatable bonds is 11. The third-order valence-corrected chi connectivity index (χ3v) is 8.53. The summed E-state index contributed by atoms with van der Waals surface area (Å²) >= 11 is 0. The van der Waals surface area contributed by atoms with E-state index in [1.54, 1.807) is 36.4 Å². The molecule has 1 atom stereocenters. The fraction of sp³-hybridized carbons (Fsp3) is 0.519. The minimum absolute atomic E-state index is 0.224. The molecule has 1 fully saturated rings. The monoisotopic (exact) mass is 470 g/mol. The lowest BCUT2D eigenvalue weighted by molar-refractivity contribution is -0.130. The van der Waals surface area contributed by atoms with Crippen LogP contribution in [0, 0.1) is 0 Å². The Morgan fingerprint density at radius 3 is 2.45 bits per heavy atom. The SMILES string of the molecule is CCN(CCCCN1CCCCCC1=O)C(C)Cc1ccccc1S(=O)(=O)c1ccccc1. The first-order chi connectivity index (χ1) is 15.9. The molecule has 2 aromatic carbocycles. The van der Waals surface area contributed by atoms with Crippen molar-refractivity contribution in [3.8, 4) is 0 Å². The van der Waals surface area contributed by atoms with E-state index in [1.165, 1.54) is 0 Å². The molecule has 0 aromatic heterocycles. The maximum Gasteiger partial charge on any atom is 0.222 e. The van der Waals surface area contributed by atoms with Gasteiger partial charge in [0.2, 0.25) is 15.7 Å². The molecule has 1 heterocycles. The maximum absolute atomic E-state index is 13.2. The molecule has 0 saturated carbocycles. The smallest absolute Gasteiger partial charge is 0.222 e. The van der Waals surface area contributed by atoms with Gasteiger partial charge in [-0.1, -0.05) is 49.7 Å². The van der Waals surface area contributed by atoms with E-state index in [9.17, 15) is 13.2 Å². The fourth-order valence-electron chi connectivity index (χ4n) is 4.69. The summed E-state index contributed by atoms with van der Waals surface area (Å²) in [6, 6.07) is 16.3. The van der Waals surface area contributed by atoms with Crippen molar-refractivity contribution in [3.63, 3.8) is 0 Å². The Bertz CT molecular complexity index is 991. The summed E-state index contributed by atoms with van der Waals surface area (Å²) < 4.78 is 26.5. The molecule has 6 heteroatoms. The molecular weight excluding hydrogens is 432 g/mol. The number of amides is 1. The van der Waals surface area contributed by atoms with E-state index in [2.05, 4.69) is 18.7 Å². The van der Waals surface area contributed by atoms with Crippen LogP contribution in [0.3, 0.4) is 0 Å². The van der Waals surface area contributed by atoms with Crippen molar-refractivity contribution in [3.05, 3.63) is 60.2 Å². The first kappa shape index (κ1) is 25.4. The average molecular weight is 471 g/mol. The van der Waals surface area contributed by atoms with Crippen LogP contribution in [0.2, 0.25) is 0 Å². The van der Waals surface area contributed by atoms with Gasteiger partial charge in [-0.05, 0) is 75.9 Å².